The number of carbonyl (C=O) groups excluding carboxylic acids is 4. The van der Waals surface area contributed by atoms with Crippen molar-refractivity contribution in [3.63, 3.8) is 0 Å². The van der Waals surface area contributed by atoms with Crippen molar-refractivity contribution >= 4 is 29.4 Å². The van der Waals surface area contributed by atoms with Gasteiger partial charge >= 0.3 is 11.9 Å². The highest BCUT2D eigenvalue weighted by molar-refractivity contribution is 6.05. The van der Waals surface area contributed by atoms with Gasteiger partial charge in [-0.1, -0.05) is 30.3 Å². The van der Waals surface area contributed by atoms with Gasteiger partial charge in [0.2, 0.25) is 5.91 Å². The topological polar surface area (TPSA) is 130 Å². The van der Waals surface area contributed by atoms with E-state index in [-0.39, 0.29) is 6.54 Å². The number of anilines is 1. The van der Waals surface area contributed by atoms with Crippen molar-refractivity contribution in [2.75, 3.05) is 33.3 Å². The molecule has 2 amide bonds. The van der Waals surface area contributed by atoms with E-state index in [0.717, 1.165) is 0 Å². The number of nitrogens with zero attached hydrogens (tertiary/aromatic N) is 1. The van der Waals surface area contributed by atoms with Crippen molar-refractivity contribution < 1.29 is 42.9 Å². The Morgan fingerprint density at radius 3 is 2.20 bits per heavy atom. The lowest BCUT2D eigenvalue weighted by atomic mass is 9.87. The van der Waals surface area contributed by atoms with E-state index in [2.05, 4.69) is 5.32 Å². The van der Waals surface area contributed by atoms with Crippen molar-refractivity contribution in [3.8, 4) is 5.75 Å². The Labute approximate surface area is 233 Å². The van der Waals surface area contributed by atoms with Crippen molar-refractivity contribution in [1.29, 1.82) is 0 Å². The number of amides is 2. The minimum Gasteiger partial charge on any atom is -0.497 e. The molecule has 1 aliphatic heterocycles. The van der Waals surface area contributed by atoms with E-state index in [0.29, 0.717) is 29.0 Å². The van der Waals surface area contributed by atoms with Gasteiger partial charge in [0.25, 0.3) is 5.91 Å². The quantitative estimate of drug-likeness (QED) is 0.310. The Kier molecular flexibility index (Phi) is 10.2. The minimum atomic E-state index is -1.87. The highest BCUT2D eigenvalue weighted by Crippen LogP contribution is 2.40. The Balaban J connectivity index is 2.11. The van der Waals surface area contributed by atoms with Crippen molar-refractivity contribution in [2.24, 2.45) is 5.92 Å². The number of esters is 2. The molecule has 0 unspecified atom stereocenters. The fraction of sp³-hybridized carbons (Fsp3) is 0.448. The third-order valence-corrected chi connectivity index (χ3v) is 6.92. The monoisotopic (exact) mass is 556 g/mol. The molecule has 0 radical (unpaired) electrons. The van der Waals surface area contributed by atoms with Crippen molar-refractivity contribution in [1.82, 2.24) is 4.90 Å². The summed E-state index contributed by atoms with van der Waals surface area (Å²) in [6, 6.07) is 14.0. The van der Waals surface area contributed by atoms with Crippen LogP contribution >= 0.6 is 0 Å². The number of rotatable bonds is 12. The molecular weight excluding hydrogens is 520 g/mol. The maximum atomic E-state index is 14.3. The highest BCUT2D eigenvalue weighted by atomic mass is 16.7. The third-order valence-electron chi connectivity index (χ3n) is 6.92. The maximum absolute atomic E-state index is 14.3. The highest BCUT2D eigenvalue weighted by Gasteiger charge is 2.64. The average molecular weight is 557 g/mol. The molecule has 0 spiro atoms. The molecular formula is C29H36N2O9. The van der Waals surface area contributed by atoms with Gasteiger partial charge < -0.3 is 33.9 Å². The number of hydrogen-bond acceptors (Lipinski definition) is 9. The van der Waals surface area contributed by atoms with E-state index in [4.69, 9.17) is 23.7 Å². The van der Waals surface area contributed by atoms with Crippen LogP contribution in [0.3, 0.4) is 0 Å². The van der Waals surface area contributed by atoms with Gasteiger partial charge in [0, 0.05) is 46.7 Å². The zero-order chi connectivity index (χ0) is 29.4. The van der Waals surface area contributed by atoms with Crippen LogP contribution in [0.15, 0.2) is 48.5 Å². The lowest BCUT2D eigenvalue weighted by Gasteiger charge is -2.39. The number of hydrogen-bond donors (Lipinski definition) is 1. The Hall–Kier alpha value is -3.96. The van der Waals surface area contributed by atoms with E-state index in [1.165, 1.54) is 40.1 Å². The summed E-state index contributed by atoms with van der Waals surface area (Å²) in [4.78, 5) is 53.5. The third kappa shape index (κ3) is 6.60. The molecule has 3 atom stereocenters. The Morgan fingerprint density at radius 2 is 1.62 bits per heavy atom. The Bertz CT molecular complexity index is 1210. The zero-order valence-electron chi connectivity index (χ0n) is 23.6. The minimum absolute atomic E-state index is 0.0172. The number of likely N-dealkylation sites (tertiary alicyclic amines) is 1. The number of methoxy groups -OCH3 is 3. The van der Waals surface area contributed by atoms with Crippen LogP contribution in [-0.4, -0.2) is 74.5 Å². The molecule has 11 nitrogen and oxygen atoms in total. The smallest absolute Gasteiger partial charge is 0.303 e. The standard InChI is InChI=1S/C29H36N2O9/c1-18-26(40-20(3)33)29(17-39-19(2)32,31(27(18)34)16-21-11-13-23(36-4)14-12-21)28(35)30-24-10-8-7-9-22(24)15-25(37-5)38-6/h7-14,18,25-26H,15-17H2,1-6H3,(H,30,35)/t18-,26+,29-/m1/s1. The van der Waals surface area contributed by atoms with Gasteiger partial charge in [0.15, 0.2) is 11.8 Å². The van der Waals surface area contributed by atoms with Gasteiger partial charge in [-0.2, -0.15) is 0 Å². The number of carbonyl (C=O) groups is 4. The van der Waals surface area contributed by atoms with Crippen molar-refractivity contribution in [3.05, 3.63) is 59.7 Å². The summed E-state index contributed by atoms with van der Waals surface area (Å²) in [6.45, 7) is 3.43. The van der Waals surface area contributed by atoms with Gasteiger partial charge in [-0.05, 0) is 36.2 Å². The normalized spacial score (nSPS) is 20.4. The first-order chi connectivity index (χ1) is 19.1. The van der Waals surface area contributed by atoms with E-state index in [1.807, 2.05) is 0 Å². The summed E-state index contributed by atoms with van der Waals surface area (Å²) in [7, 11) is 4.56. The molecule has 2 aromatic rings. The fourth-order valence-electron chi connectivity index (χ4n) is 4.83. The van der Waals surface area contributed by atoms with Crippen molar-refractivity contribution in [2.45, 2.75) is 51.7 Å². The van der Waals surface area contributed by atoms with E-state index < -0.39 is 54.2 Å². The summed E-state index contributed by atoms with van der Waals surface area (Å²) in [5.74, 6) is -2.73. The Morgan fingerprint density at radius 1 is 0.975 bits per heavy atom. The van der Waals surface area contributed by atoms with Gasteiger partial charge in [0.1, 0.15) is 18.5 Å². The average Bonchev–Trinajstić information content (AvgIpc) is 3.13. The molecule has 0 bridgehead atoms. The summed E-state index contributed by atoms with van der Waals surface area (Å²) in [5, 5.41) is 2.90. The molecule has 40 heavy (non-hydrogen) atoms. The zero-order valence-corrected chi connectivity index (χ0v) is 23.6. The first kappa shape index (κ1) is 30.6. The van der Waals surface area contributed by atoms with Crippen LogP contribution in [0, 0.1) is 5.92 Å². The van der Waals surface area contributed by atoms with Gasteiger partial charge in [0.05, 0.1) is 13.0 Å². The summed E-state index contributed by atoms with van der Waals surface area (Å²) in [5.41, 5.74) is -0.0432. The van der Waals surface area contributed by atoms with Crippen LogP contribution in [0.1, 0.15) is 31.9 Å². The van der Waals surface area contributed by atoms with Gasteiger partial charge in [-0.25, -0.2) is 0 Å². The molecule has 1 saturated heterocycles. The van der Waals surface area contributed by atoms with Gasteiger partial charge in [-0.15, -0.1) is 0 Å². The first-order valence-corrected chi connectivity index (χ1v) is 12.8. The van der Waals surface area contributed by atoms with E-state index in [9.17, 15) is 19.2 Å². The molecule has 0 aliphatic carbocycles. The molecule has 216 valence electrons. The fourth-order valence-corrected chi connectivity index (χ4v) is 4.83. The largest absolute Gasteiger partial charge is 0.497 e. The predicted molar refractivity (Wildman–Crippen MR) is 144 cm³/mol. The molecule has 2 aromatic carbocycles. The van der Waals surface area contributed by atoms with Gasteiger partial charge in [-0.3, -0.25) is 19.2 Å². The number of nitrogens with one attached hydrogen (secondary N) is 1. The number of ether oxygens (including phenoxy) is 5. The second-order valence-corrected chi connectivity index (χ2v) is 9.51. The van der Waals surface area contributed by atoms with E-state index in [1.54, 1.807) is 55.5 Å². The SMILES string of the molecule is COc1ccc(CN2C(=O)[C@H](C)[C@H](OC(C)=O)[C@]2(COC(C)=O)C(=O)Nc2ccccc2CC(OC)OC)cc1. The number of para-hydroxylation sites is 1. The second-order valence-electron chi connectivity index (χ2n) is 9.51. The van der Waals surface area contributed by atoms with E-state index >= 15 is 0 Å². The van der Waals surface area contributed by atoms with Crippen LogP contribution in [0.4, 0.5) is 5.69 Å². The lowest BCUT2D eigenvalue weighted by Crippen LogP contribution is -2.63. The predicted octanol–water partition coefficient (Wildman–Crippen LogP) is 2.71. The van der Waals surface area contributed by atoms with Crippen LogP contribution in [0.2, 0.25) is 0 Å². The van der Waals surface area contributed by atoms with Crippen LogP contribution in [0.5, 0.6) is 5.75 Å². The van der Waals surface area contributed by atoms with Crippen LogP contribution < -0.4 is 10.1 Å². The molecule has 1 N–H and O–H groups in total. The molecule has 3 rings (SSSR count). The summed E-state index contributed by atoms with van der Waals surface area (Å²) in [6.07, 6.45) is -1.49. The molecule has 11 heteroatoms. The van der Waals surface area contributed by atoms with Crippen LogP contribution in [-0.2, 0) is 51.1 Å². The summed E-state index contributed by atoms with van der Waals surface area (Å²) >= 11 is 0. The summed E-state index contributed by atoms with van der Waals surface area (Å²) < 4.78 is 26.9. The molecule has 0 saturated carbocycles. The lowest BCUT2D eigenvalue weighted by molar-refractivity contribution is -0.165. The molecule has 1 fully saturated rings. The second kappa shape index (κ2) is 13.4. The van der Waals surface area contributed by atoms with Crippen LogP contribution in [0.25, 0.3) is 0 Å². The molecule has 0 aromatic heterocycles. The molecule has 1 aliphatic rings. The first-order valence-electron chi connectivity index (χ1n) is 12.8. The maximum Gasteiger partial charge on any atom is 0.303 e. The number of benzene rings is 2. The molecule has 1 heterocycles.